The number of benzene rings is 2. The van der Waals surface area contributed by atoms with Crippen LogP contribution in [-0.4, -0.2) is 30.0 Å². The molecule has 0 amide bonds. The topological polar surface area (TPSA) is 71.8 Å². The highest BCUT2D eigenvalue weighted by Gasteiger charge is 2.17. The minimum Gasteiger partial charge on any atom is -0.274 e. The number of nitrogens with one attached hydrogen (secondary N) is 1. The standard InChI is InChI=1S/C19H13FN6S/c1-11-4-2-3-5-14(11)18-25-26-17(23-24-19(26)27-18)16-10-15(21-22-16)12-6-8-13(20)9-7-12/h2-10H,1H3,(H,21,22). The van der Waals surface area contributed by atoms with Crippen LogP contribution in [-0.2, 0) is 0 Å². The smallest absolute Gasteiger partial charge is 0.235 e. The third kappa shape index (κ3) is 2.70. The Kier molecular flexibility index (Phi) is 3.58. The van der Waals surface area contributed by atoms with E-state index < -0.39 is 0 Å². The molecule has 5 aromatic rings. The van der Waals surface area contributed by atoms with Crippen molar-refractivity contribution in [2.24, 2.45) is 0 Å². The summed E-state index contributed by atoms with van der Waals surface area (Å²) in [5.41, 5.74) is 4.46. The van der Waals surface area contributed by atoms with Gasteiger partial charge < -0.3 is 0 Å². The molecule has 3 aromatic heterocycles. The van der Waals surface area contributed by atoms with Crippen LogP contribution in [0.1, 0.15) is 5.56 Å². The summed E-state index contributed by atoms with van der Waals surface area (Å²) in [4.78, 5) is 0.709. The van der Waals surface area contributed by atoms with Crippen molar-refractivity contribution >= 4 is 16.3 Å². The van der Waals surface area contributed by atoms with Crippen molar-refractivity contribution in [1.82, 2.24) is 30.0 Å². The summed E-state index contributed by atoms with van der Waals surface area (Å²) < 4.78 is 14.8. The molecule has 0 spiro atoms. The van der Waals surface area contributed by atoms with Crippen LogP contribution in [0, 0.1) is 12.7 Å². The van der Waals surface area contributed by atoms with E-state index in [1.54, 1.807) is 16.6 Å². The molecule has 8 heteroatoms. The molecule has 0 radical (unpaired) electrons. The van der Waals surface area contributed by atoms with Crippen LogP contribution in [0.5, 0.6) is 0 Å². The molecule has 6 nitrogen and oxygen atoms in total. The Hall–Kier alpha value is -3.39. The first-order valence-corrected chi connectivity index (χ1v) is 9.11. The second-order valence-corrected chi connectivity index (χ2v) is 7.07. The van der Waals surface area contributed by atoms with Gasteiger partial charge in [0.1, 0.15) is 16.5 Å². The van der Waals surface area contributed by atoms with Gasteiger partial charge in [-0.2, -0.15) is 14.7 Å². The van der Waals surface area contributed by atoms with Gasteiger partial charge in [-0.15, -0.1) is 10.2 Å². The summed E-state index contributed by atoms with van der Waals surface area (Å²) in [6.45, 7) is 2.06. The van der Waals surface area contributed by atoms with Gasteiger partial charge in [0.2, 0.25) is 10.8 Å². The van der Waals surface area contributed by atoms with Crippen LogP contribution < -0.4 is 0 Å². The van der Waals surface area contributed by atoms with Crippen molar-refractivity contribution in [3.05, 3.63) is 66.0 Å². The maximum atomic E-state index is 13.1. The maximum absolute atomic E-state index is 13.1. The van der Waals surface area contributed by atoms with E-state index in [1.807, 2.05) is 24.3 Å². The summed E-state index contributed by atoms with van der Waals surface area (Å²) in [7, 11) is 0. The first-order valence-electron chi connectivity index (χ1n) is 8.29. The van der Waals surface area contributed by atoms with Gasteiger partial charge in [0, 0.05) is 11.1 Å². The SMILES string of the molecule is Cc1ccccc1-c1nn2c(-c3cc(-c4ccc(F)cc4)n[nH]3)nnc2s1. The van der Waals surface area contributed by atoms with Gasteiger partial charge in [-0.05, 0) is 42.8 Å². The van der Waals surface area contributed by atoms with Crippen molar-refractivity contribution in [2.45, 2.75) is 6.92 Å². The number of aromatic nitrogens is 6. The molecular weight excluding hydrogens is 363 g/mol. The lowest BCUT2D eigenvalue weighted by atomic mass is 10.1. The van der Waals surface area contributed by atoms with Crippen molar-refractivity contribution in [3.8, 4) is 33.3 Å². The molecule has 0 aliphatic carbocycles. The van der Waals surface area contributed by atoms with Crippen LogP contribution in [0.4, 0.5) is 4.39 Å². The predicted molar refractivity (Wildman–Crippen MR) is 102 cm³/mol. The number of aryl methyl sites for hydroxylation is 1. The normalized spacial score (nSPS) is 11.3. The Morgan fingerprint density at radius 2 is 1.85 bits per heavy atom. The second-order valence-electron chi connectivity index (χ2n) is 6.11. The number of hydrogen-bond acceptors (Lipinski definition) is 5. The van der Waals surface area contributed by atoms with Gasteiger partial charge in [0.25, 0.3) is 0 Å². The highest BCUT2D eigenvalue weighted by atomic mass is 32.1. The monoisotopic (exact) mass is 376 g/mol. The van der Waals surface area contributed by atoms with Gasteiger partial charge in [-0.3, -0.25) is 5.10 Å². The molecule has 27 heavy (non-hydrogen) atoms. The fourth-order valence-electron chi connectivity index (χ4n) is 2.91. The zero-order valence-corrected chi connectivity index (χ0v) is 15.0. The fourth-order valence-corrected chi connectivity index (χ4v) is 3.84. The number of H-pyrrole nitrogens is 1. The van der Waals surface area contributed by atoms with Crippen LogP contribution in [0.15, 0.2) is 54.6 Å². The van der Waals surface area contributed by atoms with Crippen LogP contribution in [0.3, 0.4) is 0 Å². The molecule has 0 saturated heterocycles. The Morgan fingerprint density at radius 1 is 1.04 bits per heavy atom. The van der Waals surface area contributed by atoms with Crippen molar-refractivity contribution in [1.29, 1.82) is 0 Å². The van der Waals surface area contributed by atoms with E-state index in [-0.39, 0.29) is 5.82 Å². The Labute approximate surface area is 157 Å². The summed E-state index contributed by atoms with van der Waals surface area (Å²) in [6, 6.07) is 16.2. The third-order valence-corrected chi connectivity index (χ3v) is 5.26. The minimum atomic E-state index is -0.278. The van der Waals surface area contributed by atoms with E-state index in [0.29, 0.717) is 22.2 Å². The average Bonchev–Trinajstić information content (AvgIpc) is 3.38. The molecule has 5 rings (SSSR count). The molecule has 2 aromatic carbocycles. The minimum absolute atomic E-state index is 0.278. The van der Waals surface area contributed by atoms with Crippen molar-refractivity contribution in [2.75, 3.05) is 0 Å². The Bertz CT molecular complexity index is 1250. The number of aromatic amines is 1. The summed E-state index contributed by atoms with van der Waals surface area (Å²) in [6.07, 6.45) is 0. The van der Waals surface area contributed by atoms with Crippen LogP contribution in [0.2, 0.25) is 0 Å². The van der Waals surface area contributed by atoms with Gasteiger partial charge >= 0.3 is 0 Å². The van der Waals surface area contributed by atoms with Crippen LogP contribution >= 0.6 is 11.3 Å². The largest absolute Gasteiger partial charge is 0.274 e. The molecule has 0 saturated carbocycles. The van der Waals surface area contributed by atoms with E-state index in [1.165, 1.54) is 23.5 Å². The van der Waals surface area contributed by atoms with Crippen LogP contribution in [0.25, 0.3) is 38.3 Å². The van der Waals surface area contributed by atoms with E-state index in [0.717, 1.165) is 21.7 Å². The average molecular weight is 376 g/mol. The quantitative estimate of drug-likeness (QED) is 0.508. The summed E-state index contributed by atoms with van der Waals surface area (Å²) >= 11 is 1.49. The fraction of sp³-hybridized carbons (Fsp3) is 0.0526. The van der Waals surface area contributed by atoms with Gasteiger partial charge in [-0.1, -0.05) is 35.6 Å². The predicted octanol–water partition coefficient (Wildman–Crippen LogP) is 4.36. The molecule has 0 unspecified atom stereocenters. The van der Waals surface area contributed by atoms with Crippen molar-refractivity contribution < 1.29 is 4.39 Å². The molecule has 0 fully saturated rings. The number of rotatable bonds is 3. The van der Waals surface area contributed by atoms with Gasteiger partial charge in [0.15, 0.2) is 0 Å². The zero-order valence-electron chi connectivity index (χ0n) is 14.2. The number of hydrogen-bond donors (Lipinski definition) is 1. The number of fused-ring (bicyclic) bond motifs is 1. The molecule has 0 atom stereocenters. The molecule has 0 aliphatic heterocycles. The molecule has 3 heterocycles. The van der Waals surface area contributed by atoms with E-state index >= 15 is 0 Å². The second kappa shape index (κ2) is 6.10. The lowest BCUT2D eigenvalue weighted by Crippen LogP contribution is -1.91. The molecule has 1 N–H and O–H groups in total. The van der Waals surface area contributed by atoms with Gasteiger partial charge in [0.05, 0.1) is 5.69 Å². The van der Waals surface area contributed by atoms with Gasteiger partial charge in [-0.25, -0.2) is 4.39 Å². The molecular formula is C19H13FN6S. The number of nitrogens with zero attached hydrogens (tertiary/aromatic N) is 5. The highest BCUT2D eigenvalue weighted by Crippen LogP contribution is 2.30. The number of halogens is 1. The first kappa shape index (κ1) is 15.8. The third-order valence-electron chi connectivity index (χ3n) is 4.33. The summed E-state index contributed by atoms with van der Waals surface area (Å²) in [5, 5.41) is 21.3. The van der Waals surface area contributed by atoms with Crippen molar-refractivity contribution in [3.63, 3.8) is 0 Å². The maximum Gasteiger partial charge on any atom is 0.235 e. The van der Waals surface area contributed by atoms with E-state index in [9.17, 15) is 4.39 Å². The lowest BCUT2D eigenvalue weighted by Gasteiger charge is -1.99. The Balaban J connectivity index is 1.56. The lowest BCUT2D eigenvalue weighted by molar-refractivity contribution is 0.628. The highest BCUT2D eigenvalue weighted by molar-refractivity contribution is 7.19. The first-order chi connectivity index (χ1) is 13.2. The zero-order chi connectivity index (χ0) is 18.4. The Morgan fingerprint density at radius 3 is 2.67 bits per heavy atom. The molecule has 0 bridgehead atoms. The molecule has 0 aliphatic rings. The van der Waals surface area contributed by atoms with E-state index in [4.69, 9.17) is 0 Å². The summed E-state index contributed by atoms with van der Waals surface area (Å²) in [5.74, 6) is 0.307. The van der Waals surface area contributed by atoms with E-state index in [2.05, 4.69) is 38.5 Å². The molecule has 132 valence electrons.